The smallest absolute Gasteiger partial charge is 0.0625 e. The van der Waals surface area contributed by atoms with Gasteiger partial charge in [-0.1, -0.05) is 15.9 Å². The summed E-state index contributed by atoms with van der Waals surface area (Å²) >= 11 is 3.68. The summed E-state index contributed by atoms with van der Waals surface area (Å²) in [6.07, 6.45) is 2.24. The lowest BCUT2D eigenvalue weighted by Gasteiger charge is -2.35. The summed E-state index contributed by atoms with van der Waals surface area (Å²) in [4.78, 5) is 0. The van der Waals surface area contributed by atoms with Crippen molar-refractivity contribution >= 4 is 15.9 Å². The minimum atomic E-state index is 0.313. The van der Waals surface area contributed by atoms with Gasteiger partial charge >= 0.3 is 0 Å². The van der Waals surface area contributed by atoms with Gasteiger partial charge in [0.05, 0.1) is 5.69 Å². The standard InChI is InChI=1S/C13H21BrN2O/c1-10-11(2)15-16(12(10)3)9-13(8-14)4-6-17-7-5-13/h4-9H2,1-3H3. The van der Waals surface area contributed by atoms with Crippen LogP contribution in [0.1, 0.15) is 29.8 Å². The van der Waals surface area contributed by atoms with E-state index in [-0.39, 0.29) is 0 Å². The quantitative estimate of drug-likeness (QED) is 0.803. The normalized spacial score (nSPS) is 19.5. The van der Waals surface area contributed by atoms with Gasteiger partial charge < -0.3 is 4.74 Å². The molecule has 1 saturated heterocycles. The van der Waals surface area contributed by atoms with E-state index in [9.17, 15) is 0 Å². The molecule has 0 radical (unpaired) electrons. The van der Waals surface area contributed by atoms with Crippen LogP contribution in [0.3, 0.4) is 0 Å². The second-order valence-corrected chi connectivity index (χ2v) is 5.76. The molecule has 0 bridgehead atoms. The highest BCUT2D eigenvalue weighted by atomic mass is 79.9. The lowest BCUT2D eigenvalue weighted by molar-refractivity contribution is 0.0166. The first-order valence-corrected chi connectivity index (χ1v) is 7.34. The van der Waals surface area contributed by atoms with Gasteiger partial charge in [-0.15, -0.1) is 0 Å². The van der Waals surface area contributed by atoms with Crippen LogP contribution in [0.25, 0.3) is 0 Å². The molecule has 4 heteroatoms. The Hall–Kier alpha value is -0.350. The number of alkyl halides is 1. The average Bonchev–Trinajstić information content (AvgIpc) is 2.58. The van der Waals surface area contributed by atoms with Crippen molar-refractivity contribution in [3.8, 4) is 0 Å². The molecule has 0 N–H and O–H groups in total. The molecule has 17 heavy (non-hydrogen) atoms. The molecule has 1 aromatic rings. The van der Waals surface area contributed by atoms with E-state index in [1.165, 1.54) is 11.3 Å². The second-order valence-electron chi connectivity index (χ2n) is 5.20. The third kappa shape index (κ3) is 2.58. The molecule has 1 fully saturated rings. The monoisotopic (exact) mass is 300 g/mol. The highest BCUT2D eigenvalue weighted by Crippen LogP contribution is 2.34. The van der Waals surface area contributed by atoms with Crippen molar-refractivity contribution in [2.24, 2.45) is 5.41 Å². The molecule has 1 aliphatic rings. The number of aromatic nitrogens is 2. The molecule has 2 rings (SSSR count). The highest BCUT2D eigenvalue weighted by Gasteiger charge is 2.33. The van der Waals surface area contributed by atoms with Crippen molar-refractivity contribution in [1.29, 1.82) is 0 Å². The average molecular weight is 301 g/mol. The fourth-order valence-electron chi connectivity index (χ4n) is 2.40. The maximum atomic E-state index is 5.47. The summed E-state index contributed by atoms with van der Waals surface area (Å²) in [5.74, 6) is 0. The molecule has 0 spiro atoms. The fourth-order valence-corrected chi connectivity index (χ4v) is 3.13. The van der Waals surface area contributed by atoms with E-state index in [2.05, 4.69) is 46.5 Å². The largest absolute Gasteiger partial charge is 0.381 e. The minimum Gasteiger partial charge on any atom is -0.381 e. The molecule has 1 aliphatic heterocycles. The van der Waals surface area contributed by atoms with Gasteiger partial charge in [0.15, 0.2) is 0 Å². The van der Waals surface area contributed by atoms with Gasteiger partial charge in [-0.25, -0.2) is 0 Å². The van der Waals surface area contributed by atoms with Crippen molar-refractivity contribution < 1.29 is 4.74 Å². The van der Waals surface area contributed by atoms with Crippen LogP contribution in [0, 0.1) is 26.2 Å². The first-order valence-electron chi connectivity index (χ1n) is 6.22. The zero-order valence-electron chi connectivity index (χ0n) is 10.9. The van der Waals surface area contributed by atoms with E-state index in [0.717, 1.165) is 43.6 Å². The number of aryl methyl sites for hydroxylation is 1. The van der Waals surface area contributed by atoms with E-state index in [4.69, 9.17) is 4.74 Å². The van der Waals surface area contributed by atoms with Crippen molar-refractivity contribution in [2.75, 3.05) is 18.5 Å². The molecule has 96 valence electrons. The Morgan fingerprint density at radius 1 is 1.29 bits per heavy atom. The molecule has 0 aromatic carbocycles. The van der Waals surface area contributed by atoms with Crippen LogP contribution in [0.2, 0.25) is 0 Å². The lowest BCUT2D eigenvalue weighted by atomic mass is 9.82. The predicted octanol–water partition coefficient (Wildman–Crippen LogP) is 3.00. The predicted molar refractivity (Wildman–Crippen MR) is 72.7 cm³/mol. The van der Waals surface area contributed by atoms with Crippen LogP contribution in [0.4, 0.5) is 0 Å². The number of hydrogen-bond donors (Lipinski definition) is 0. The van der Waals surface area contributed by atoms with Gasteiger partial charge in [0.2, 0.25) is 0 Å². The molecule has 0 saturated carbocycles. The van der Waals surface area contributed by atoms with E-state index in [0.29, 0.717) is 5.41 Å². The van der Waals surface area contributed by atoms with Crippen molar-refractivity contribution in [3.05, 3.63) is 17.0 Å². The number of nitrogens with zero attached hydrogens (tertiary/aromatic N) is 2. The topological polar surface area (TPSA) is 27.1 Å². The summed E-state index contributed by atoms with van der Waals surface area (Å²) < 4.78 is 7.65. The Morgan fingerprint density at radius 2 is 1.94 bits per heavy atom. The molecule has 0 atom stereocenters. The summed E-state index contributed by atoms with van der Waals surface area (Å²) in [7, 11) is 0. The molecule has 0 aliphatic carbocycles. The van der Waals surface area contributed by atoms with Gasteiger partial charge in [-0.05, 0) is 39.2 Å². The van der Waals surface area contributed by atoms with Crippen molar-refractivity contribution in [2.45, 2.75) is 40.2 Å². The number of ether oxygens (including phenoxy) is 1. The Kier molecular flexibility index (Phi) is 3.93. The van der Waals surface area contributed by atoms with Gasteiger partial charge in [0.1, 0.15) is 0 Å². The minimum absolute atomic E-state index is 0.313. The molecule has 3 nitrogen and oxygen atoms in total. The fraction of sp³-hybridized carbons (Fsp3) is 0.769. The molecular weight excluding hydrogens is 280 g/mol. The summed E-state index contributed by atoms with van der Waals surface area (Å²) in [6, 6.07) is 0. The van der Waals surface area contributed by atoms with E-state index in [1.54, 1.807) is 0 Å². The highest BCUT2D eigenvalue weighted by molar-refractivity contribution is 9.09. The summed E-state index contributed by atoms with van der Waals surface area (Å²) in [5.41, 5.74) is 4.09. The molecule has 0 unspecified atom stereocenters. The first kappa shape index (κ1) is 13.1. The van der Waals surface area contributed by atoms with Crippen molar-refractivity contribution in [1.82, 2.24) is 9.78 Å². The molecule has 0 amide bonds. The van der Waals surface area contributed by atoms with Gasteiger partial charge in [-0.3, -0.25) is 4.68 Å². The Balaban J connectivity index is 2.20. The van der Waals surface area contributed by atoms with Gasteiger partial charge in [-0.2, -0.15) is 5.10 Å². The van der Waals surface area contributed by atoms with E-state index in [1.807, 2.05) is 0 Å². The SMILES string of the molecule is Cc1nn(CC2(CBr)CCOCC2)c(C)c1C. The zero-order valence-corrected chi connectivity index (χ0v) is 12.5. The van der Waals surface area contributed by atoms with Crippen LogP contribution >= 0.6 is 15.9 Å². The second kappa shape index (κ2) is 5.11. The van der Waals surface area contributed by atoms with E-state index >= 15 is 0 Å². The summed E-state index contributed by atoms with van der Waals surface area (Å²) in [6.45, 7) is 9.16. The maximum Gasteiger partial charge on any atom is 0.0625 e. The lowest BCUT2D eigenvalue weighted by Crippen LogP contribution is -2.36. The zero-order chi connectivity index (χ0) is 12.5. The van der Waals surface area contributed by atoms with Crippen LogP contribution in [-0.2, 0) is 11.3 Å². The van der Waals surface area contributed by atoms with Gasteiger partial charge in [0, 0.05) is 36.2 Å². The number of halogens is 1. The molecule has 2 heterocycles. The maximum absolute atomic E-state index is 5.47. The third-order valence-electron chi connectivity index (χ3n) is 4.07. The Morgan fingerprint density at radius 3 is 2.41 bits per heavy atom. The number of hydrogen-bond acceptors (Lipinski definition) is 2. The van der Waals surface area contributed by atoms with Crippen LogP contribution in [-0.4, -0.2) is 28.3 Å². The first-order chi connectivity index (χ1) is 8.08. The molecule has 1 aromatic heterocycles. The van der Waals surface area contributed by atoms with Crippen LogP contribution < -0.4 is 0 Å². The van der Waals surface area contributed by atoms with Crippen molar-refractivity contribution in [3.63, 3.8) is 0 Å². The Bertz CT molecular complexity index is 394. The summed E-state index contributed by atoms with van der Waals surface area (Å²) in [5, 5.41) is 5.68. The van der Waals surface area contributed by atoms with Gasteiger partial charge in [0.25, 0.3) is 0 Å². The Labute approximate surface area is 112 Å². The number of rotatable bonds is 3. The van der Waals surface area contributed by atoms with Crippen LogP contribution in [0.5, 0.6) is 0 Å². The van der Waals surface area contributed by atoms with Crippen LogP contribution in [0.15, 0.2) is 0 Å². The molecular formula is C13H21BrN2O. The van der Waals surface area contributed by atoms with E-state index < -0.39 is 0 Å². The third-order valence-corrected chi connectivity index (χ3v) is 5.25.